The van der Waals surface area contributed by atoms with E-state index in [9.17, 15) is 8.78 Å². The Kier molecular flexibility index (Phi) is 4.01. The Hall–Kier alpha value is -1.73. The Morgan fingerprint density at radius 2 is 2.09 bits per heavy atom. The first-order valence-electron chi connectivity index (χ1n) is 6.85. The largest absolute Gasteiger partial charge is 0.488 e. The third-order valence-corrected chi connectivity index (χ3v) is 3.68. The summed E-state index contributed by atoms with van der Waals surface area (Å²) in [4.78, 5) is 12.0. The summed E-state index contributed by atoms with van der Waals surface area (Å²) in [5.74, 6) is -1.15. The maximum absolute atomic E-state index is 14.1. The second-order valence-corrected chi connectivity index (χ2v) is 5.69. The zero-order valence-corrected chi connectivity index (χ0v) is 13.0. The van der Waals surface area contributed by atoms with Crippen LogP contribution in [0.15, 0.2) is 6.07 Å². The Morgan fingerprint density at radius 3 is 2.82 bits per heavy atom. The second-order valence-electron chi connectivity index (χ2n) is 5.35. The van der Waals surface area contributed by atoms with Crippen LogP contribution in [0.1, 0.15) is 0 Å². The van der Waals surface area contributed by atoms with E-state index >= 15 is 0 Å². The summed E-state index contributed by atoms with van der Waals surface area (Å²) in [6, 6.07) is 0.764. The molecule has 0 saturated carbocycles. The molecule has 0 radical (unpaired) electrons. The van der Waals surface area contributed by atoms with Crippen LogP contribution < -0.4 is 9.64 Å². The maximum Gasteiger partial charge on any atom is 0.225 e. The van der Waals surface area contributed by atoms with Gasteiger partial charge in [-0.15, -0.1) is 0 Å². The van der Waals surface area contributed by atoms with E-state index in [4.69, 9.17) is 16.3 Å². The predicted octanol–water partition coefficient (Wildman–Crippen LogP) is 2.32. The molecule has 0 atom stereocenters. The van der Waals surface area contributed by atoms with Gasteiger partial charge in [-0.05, 0) is 25.7 Å². The minimum Gasteiger partial charge on any atom is -0.488 e. The number of likely N-dealkylation sites (N-methyl/N-ethyl adjacent to an activating group) is 1. The van der Waals surface area contributed by atoms with Crippen LogP contribution in [0.5, 0.6) is 5.75 Å². The van der Waals surface area contributed by atoms with Crippen molar-refractivity contribution in [3.8, 4) is 5.75 Å². The van der Waals surface area contributed by atoms with E-state index < -0.39 is 11.6 Å². The Balaban J connectivity index is 2.21. The van der Waals surface area contributed by atoms with Gasteiger partial charge in [0.25, 0.3) is 0 Å². The molecule has 1 aliphatic heterocycles. The van der Waals surface area contributed by atoms with Gasteiger partial charge in [0.2, 0.25) is 5.28 Å². The van der Waals surface area contributed by atoms with Crippen molar-refractivity contribution in [1.82, 2.24) is 14.9 Å². The maximum atomic E-state index is 14.1. The molecule has 5 nitrogen and oxygen atoms in total. The molecule has 0 fully saturated rings. The molecule has 0 spiro atoms. The zero-order chi connectivity index (χ0) is 15.9. The fourth-order valence-electron chi connectivity index (χ4n) is 2.44. The first-order valence-corrected chi connectivity index (χ1v) is 7.23. The molecule has 2 aromatic rings. The van der Waals surface area contributed by atoms with Crippen LogP contribution in [0.2, 0.25) is 5.28 Å². The van der Waals surface area contributed by atoms with Crippen LogP contribution in [0.3, 0.4) is 0 Å². The summed E-state index contributed by atoms with van der Waals surface area (Å²) >= 11 is 5.91. The molecule has 0 bridgehead atoms. The zero-order valence-electron chi connectivity index (χ0n) is 12.2. The van der Waals surface area contributed by atoms with Crippen molar-refractivity contribution in [2.24, 2.45) is 0 Å². The van der Waals surface area contributed by atoms with Crippen molar-refractivity contribution < 1.29 is 13.5 Å². The highest BCUT2D eigenvalue weighted by atomic mass is 35.5. The standard InChI is InChI=1S/C14H15ClF2N4O/c1-20(2)3-4-21-5-6-22-12-9(17)7-8(16)11-10(12)13(21)19-14(15)18-11/h7H,3-6H2,1-2H3. The highest BCUT2D eigenvalue weighted by molar-refractivity contribution is 6.29. The summed E-state index contributed by atoms with van der Waals surface area (Å²) in [5, 5.41) is 0.161. The number of halogens is 3. The monoisotopic (exact) mass is 328 g/mol. The van der Waals surface area contributed by atoms with Crippen molar-refractivity contribution in [3.05, 3.63) is 23.0 Å². The number of nitrogens with zero attached hydrogens (tertiary/aromatic N) is 4. The highest BCUT2D eigenvalue weighted by Crippen LogP contribution is 2.38. The summed E-state index contributed by atoms with van der Waals surface area (Å²) < 4.78 is 33.5. The van der Waals surface area contributed by atoms with E-state index in [2.05, 4.69) is 9.97 Å². The minimum atomic E-state index is -0.778. The number of aromatic nitrogens is 2. The van der Waals surface area contributed by atoms with Gasteiger partial charge in [0.1, 0.15) is 17.9 Å². The van der Waals surface area contributed by atoms with Gasteiger partial charge in [-0.25, -0.2) is 13.8 Å². The van der Waals surface area contributed by atoms with Crippen molar-refractivity contribution >= 4 is 28.3 Å². The molecule has 0 saturated heterocycles. The minimum absolute atomic E-state index is 0.0181. The molecule has 3 rings (SSSR count). The van der Waals surface area contributed by atoms with E-state index in [0.717, 1.165) is 12.6 Å². The number of hydrogen-bond donors (Lipinski definition) is 0. The lowest BCUT2D eigenvalue weighted by molar-refractivity contribution is 0.312. The van der Waals surface area contributed by atoms with Gasteiger partial charge in [0, 0.05) is 19.2 Å². The molecule has 8 heteroatoms. The molecule has 118 valence electrons. The van der Waals surface area contributed by atoms with E-state index in [-0.39, 0.29) is 28.5 Å². The third kappa shape index (κ3) is 2.66. The summed E-state index contributed by atoms with van der Waals surface area (Å²) in [5.41, 5.74) is -0.0249. The molecule has 22 heavy (non-hydrogen) atoms. The van der Waals surface area contributed by atoms with Gasteiger partial charge in [0.05, 0.1) is 11.9 Å². The molecular weight excluding hydrogens is 314 g/mol. The molecule has 0 unspecified atom stereocenters. The molecule has 1 aliphatic rings. The van der Waals surface area contributed by atoms with Crippen molar-refractivity contribution in [3.63, 3.8) is 0 Å². The Labute approximate surface area is 131 Å². The average Bonchev–Trinajstić information content (AvgIpc) is 2.62. The number of anilines is 1. The van der Waals surface area contributed by atoms with Gasteiger partial charge < -0.3 is 14.5 Å². The van der Waals surface area contributed by atoms with Crippen LogP contribution in [0.4, 0.5) is 14.6 Å². The Bertz CT molecular complexity index is 726. The van der Waals surface area contributed by atoms with E-state index in [1.165, 1.54) is 0 Å². The normalized spacial score (nSPS) is 14.4. The quantitative estimate of drug-likeness (QED) is 0.809. The second kappa shape index (κ2) is 5.81. The molecule has 0 N–H and O–H groups in total. The van der Waals surface area contributed by atoms with Crippen molar-refractivity contribution in [2.45, 2.75) is 0 Å². The predicted molar refractivity (Wildman–Crippen MR) is 80.7 cm³/mol. The fourth-order valence-corrected chi connectivity index (χ4v) is 2.61. The lowest BCUT2D eigenvalue weighted by atomic mass is 10.2. The topological polar surface area (TPSA) is 41.5 Å². The average molecular weight is 329 g/mol. The lowest BCUT2D eigenvalue weighted by Gasteiger charge is -2.24. The fraction of sp³-hybridized carbons (Fsp3) is 0.429. The third-order valence-electron chi connectivity index (χ3n) is 3.51. The van der Waals surface area contributed by atoms with Crippen molar-refractivity contribution in [1.29, 1.82) is 0 Å². The van der Waals surface area contributed by atoms with E-state index in [1.807, 2.05) is 23.9 Å². The van der Waals surface area contributed by atoms with E-state index in [1.54, 1.807) is 0 Å². The Morgan fingerprint density at radius 1 is 1.32 bits per heavy atom. The van der Waals surface area contributed by atoms with Crippen LogP contribution in [0, 0.1) is 11.6 Å². The number of hydrogen-bond acceptors (Lipinski definition) is 5. The van der Waals surface area contributed by atoms with Crippen molar-refractivity contribution in [2.75, 3.05) is 45.2 Å². The molecule has 2 heterocycles. The molecule has 1 aromatic heterocycles. The molecule has 0 aliphatic carbocycles. The van der Waals surface area contributed by atoms with E-state index in [0.29, 0.717) is 18.9 Å². The molecular formula is C14H15ClF2N4O. The van der Waals surface area contributed by atoms with Crippen LogP contribution in [0.25, 0.3) is 10.9 Å². The van der Waals surface area contributed by atoms with Gasteiger partial charge in [-0.2, -0.15) is 4.98 Å². The van der Waals surface area contributed by atoms with Crippen LogP contribution >= 0.6 is 11.6 Å². The number of benzene rings is 1. The van der Waals surface area contributed by atoms with Gasteiger partial charge in [-0.3, -0.25) is 0 Å². The molecule has 0 amide bonds. The van der Waals surface area contributed by atoms with Gasteiger partial charge >= 0.3 is 0 Å². The first kappa shape index (κ1) is 15.2. The van der Waals surface area contributed by atoms with Crippen LogP contribution in [-0.4, -0.2) is 55.2 Å². The summed E-state index contributed by atoms with van der Waals surface area (Å²) in [6.45, 7) is 2.18. The summed E-state index contributed by atoms with van der Waals surface area (Å²) in [7, 11) is 3.90. The smallest absolute Gasteiger partial charge is 0.225 e. The number of ether oxygens (including phenoxy) is 1. The highest BCUT2D eigenvalue weighted by Gasteiger charge is 2.26. The van der Waals surface area contributed by atoms with Crippen LogP contribution in [-0.2, 0) is 0 Å². The lowest BCUT2D eigenvalue weighted by Crippen LogP contribution is -2.34. The van der Waals surface area contributed by atoms with Gasteiger partial charge in [-0.1, -0.05) is 0 Å². The SMILES string of the molecule is CN(C)CCN1CCOc2c(F)cc(F)c3nc(Cl)nc1c23. The first-order chi connectivity index (χ1) is 10.5. The molecule has 1 aromatic carbocycles. The van der Waals surface area contributed by atoms with Gasteiger partial charge in [0.15, 0.2) is 17.4 Å². The summed E-state index contributed by atoms with van der Waals surface area (Å²) in [6.07, 6.45) is 0. The number of rotatable bonds is 3.